The lowest BCUT2D eigenvalue weighted by atomic mass is 10.1. The SMILES string of the molecule is CC(=O)Nc1nc2ccc(C(=O)NC[C@@H](O)c3ccccc3)cc2s1. The molecule has 3 aromatic rings. The van der Waals surface area contributed by atoms with Crippen molar-refractivity contribution in [2.45, 2.75) is 13.0 Å². The van der Waals surface area contributed by atoms with Gasteiger partial charge in [-0.25, -0.2) is 4.98 Å². The van der Waals surface area contributed by atoms with Gasteiger partial charge in [0.25, 0.3) is 5.91 Å². The summed E-state index contributed by atoms with van der Waals surface area (Å²) in [5, 5.41) is 16.0. The fraction of sp³-hybridized carbons (Fsp3) is 0.167. The lowest BCUT2D eigenvalue weighted by molar-refractivity contribution is -0.114. The predicted octanol–water partition coefficient (Wildman–Crippen LogP) is 2.72. The number of nitrogens with one attached hydrogen (secondary N) is 2. The molecule has 0 saturated carbocycles. The molecule has 0 aliphatic carbocycles. The van der Waals surface area contributed by atoms with E-state index in [0.717, 1.165) is 15.8 Å². The lowest BCUT2D eigenvalue weighted by Gasteiger charge is -2.12. The molecule has 1 heterocycles. The Bertz CT molecular complexity index is 908. The van der Waals surface area contributed by atoms with Gasteiger partial charge in [0, 0.05) is 19.0 Å². The van der Waals surface area contributed by atoms with Crippen LogP contribution in [-0.2, 0) is 4.79 Å². The van der Waals surface area contributed by atoms with Gasteiger partial charge in [-0.1, -0.05) is 41.7 Å². The van der Waals surface area contributed by atoms with Crippen molar-refractivity contribution in [3.05, 3.63) is 59.7 Å². The molecule has 7 heteroatoms. The summed E-state index contributed by atoms with van der Waals surface area (Å²) < 4.78 is 0.806. The number of thiazole rings is 1. The van der Waals surface area contributed by atoms with Crippen molar-refractivity contribution in [3.8, 4) is 0 Å². The standard InChI is InChI=1S/C18H17N3O3S/c1-11(22)20-18-21-14-8-7-13(9-16(14)25-18)17(24)19-10-15(23)12-5-3-2-4-6-12/h2-9,15,23H,10H2,1H3,(H,19,24)(H,20,21,22)/t15-/m1/s1. The van der Waals surface area contributed by atoms with Crippen LogP contribution < -0.4 is 10.6 Å². The van der Waals surface area contributed by atoms with Crippen LogP contribution in [0.4, 0.5) is 5.13 Å². The molecule has 0 fully saturated rings. The number of aromatic nitrogens is 1. The van der Waals surface area contributed by atoms with Crippen molar-refractivity contribution >= 4 is 38.5 Å². The van der Waals surface area contributed by atoms with Crippen molar-refractivity contribution in [3.63, 3.8) is 0 Å². The third-order valence-corrected chi connectivity index (χ3v) is 4.51. The number of hydrogen-bond acceptors (Lipinski definition) is 5. The number of nitrogens with zero attached hydrogens (tertiary/aromatic N) is 1. The first-order valence-electron chi connectivity index (χ1n) is 7.72. The highest BCUT2D eigenvalue weighted by Gasteiger charge is 2.12. The molecule has 0 unspecified atom stereocenters. The number of carbonyl (C=O) groups excluding carboxylic acids is 2. The largest absolute Gasteiger partial charge is 0.387 e. The quantitative estimate of drug-likeness (QED) is 0.656. The minimum absolute atomic E-state index is 0.126. The molecule has 6 nitrogen and oxygen atoms in total. The molecule has 0 saturated heterocycles. The van der Waals surface area contributed by atoms with Crippen LogP contribution in [0, 0.1) is 0 Å². The van der Waals surface area contributed by atoms with Gasteiger partial charge in [-0.05, 0) is 23.8 Å². The normalized spacial score (nSPS) is 11.9. The zero-order valence-electron chi connectivity index (χ0n) is 13.5. The molecule has 128 valence electrons. The molecule has 0 bridgehead atoms. The Kier molecular flexibility index (Phi) is 5.06. The summed E-state index contributed by atoms with van der Waals surface area (Å²) in [5.74, 6) is -0.460. The Morgan fingerprint density at radius 1 is 1.20 bits per heavy atom. The Labute approximate surface area is 148 Å². The predicted molar refractivity (Wildman–Crippen MR) is 97.7 cm³/mol. The first-order valence-corrected chi connectivity index (χ1v) is 8.54. The number of rotatable bonds is 5. The van der Waals surface area contributed by atoms with Crippen LogP contribution in [0.2, 0.25) is 0 Å². The van der Waals surface area contributed by atoms with Crippen LogP contribution in [0.25, 0.3) is 10.2 Å². The minimum Gasteiger partial charge on any atom is -0.387 e. The van der Waals surface area contributed by atoms with E-state index in [1.807, 2.05) is 30.3 Å². The second-order valence-electron chi connectivity index (χ2n) is 5.52. The Balaban J connectivity index is 1.68. The van der Waals surface area contributed by atoms with E-state index in [-0.39, 0.29) is 18.4 Å². The van der Waals surface area contributed by atoms with Crippen molar-refractivity contribution in [2.24, 2.45) is 0 Å². The molecule has 3 rings (SSSR count). The van der Waals surface area contributed by atoms with E-state index in [1.54, 1.807) is 18.2 Å². The van der Waals surface area contributed by atoms with Crippen molar-refractivity contribution in [2.75, 3.05) is 11.9 Å². The smallest absolute Gasteiger partial charge is 0.251 e. The molecule has 0 radical (unpaired) electrons. The Morgan fingerprint density at radius 3 is 2.68 bits per heavy atom. The van der Waals surface area contributed by atoms with Gasteiger partial charge in [-0.2, -0.15) is 0 Å². The molecule has 0 aliphatic heterocycles. The molecule has 2 amide bonds. The summed E-state index contributed by atoms with van der Waals surface area (Å²) >= 11 is 1.31. The summed E-state index contributed by atoms with van der Waals surface area (Å²) in [6, 6.07) is 14.3. The number of aliphatic hydroxyl groups excluding tert-OH is 1. The summed E-state index contributed by atoms with van der Waals surface area (Å²) in [5.41, 5.74) is 1.95. The van der Waals surface area contributed by atoms with Gasteiger partial charge in [0.05, 0.1) is 16.3 Å². The minimum atomic E-state index is -0.761. The second-order valence-corrected chi connectivity index (χ2v) is 6.55. The van der Waals surface area contributed by atoms with Gasteiger partial charge in [0.2, 0.25) is 5.91 Å². The molecule has 3 N–H and O–H groups in total. The molecule has 1 atom stereocenters. The maximum atomic E-state index is 12.3. The first-order chi connectivity index (χ1) is 12.0. The van der Waals surface area contributed by atoms with E-state index in [4.69, 9.17) is 0 Å². The second kappa shape index (κ2) is 7.42. The molecule has 0 spiro atoms. The van der Waals surface area contributed by atoms with Crippen molar-refractivity contribution in [1.29, 1.82) is 0 Å². The van der Waals surface area contributed by atoms with E-state index < -0.39 is 6.10 Å². The highest BCUT2D eigenvalue weighted by atomic mass is 32.1. The molecule has 0 aliphatic rings. The number of amides is 2. The third kappa shape index (κ3) is 4.20. The van der Waals surface area contributed by atoms with Crippen LogP contribution in [-0.4, -0.2) is 28.4 Å². The molecular formula is C18H17N3O3S. The first kappa shape index (κ1) is 17.1. The molecule has 25 heavy (non-hydrogen) atoms. The Hall–Kier alpha value is -2.77. The fourth-order valence-corrected chi connectivity index (χ4v) is 3.31. The number of anilines is 1. The Morgan fingerprint density at radius 2 is 1.96 bits per heavy atom. The average Bonchev–Trinajstić information content (AvgIpc) is 3.00. The monoisotopic (exact) mass is 355 g/mol. The number of carbonyl (C=O) groups is 2. The molecule has 1 aromatic heterocycles. The van der Waals surface area contributed by atoms with Gasteiger partial charge >= 0.3 is 0 Å². The van der Waals surface area contributed by atoms with Crippen molar-refractivity contribution < 1.29 is 14.7 Å². The van der Waals surface area contributed by atoms with E-state index in [1.165, 1.54) is 18.3 Å². The summed E-state index contributed by atoms with van der Waals surface area (Å²) in [6.45, 7) is 1.55. The number of benzene rings is 2. The maximum Gasteiger partial charge on any atom is 0.251 e. The zero-order valence-corrected chi connectivity index (χ0v) is 14.3. The maximum absolute atomic E-state index is 12.3. The molecule has 2 aromatic carbocycles. The van der Waals surface area contributed by atoms with E-state index in [9.17, 15) is 14.7 Å². The van der Waals surface area contributed by atoms with Crippen LogP contribution >= 0.6 is 11.3 Å². The van der Waals surface area contributed by atoms with E-state index in [0.29, 0.717) is 10.7 Å². The highest BCUT2D eigenvalue weighted by molar-refractivity contribution is 7.22. The van der Waals surface area contributed by atoms with Gasteiger partial charge in [-0.15, -0.1) is 0 Å². The van der Waals surface area contributed by atoms with Gasteiger partial charge in [-0.3, -0.25) is 9.59 Å². The average molecular weight is 355 g/mol. The van der Waals surface area contributed by atoms with E-state index in [2.05, 4.69) is 15.6 Å². The summed E-state index contributed by atoms with van der Waals surface area (Å²) in [7, 11) is 0. The van der Waals surface area contributed by atoms with Gasteiger partial charge in [0.1, 0.15) is 0 Å². The fourth-order valence-electron chi connectivity index (χ4n) is 2.35. The lowest BCUT2D eigenvalue weighted by Crippen LogP contribution is -2.28. The third-order valence-electron chi connectivity index (χ3n) is 3.57. The van der Waals surface area contributed by atoms with Gasteiger partial charge in [0.15, 0.2) is 5.13 Å². The molecular weight excluding hydrogens is 338 g/mol. The summed E-state index contributed by atoms with van der Waals surface area (Å²) in [6.07, 6.45) is -0.761. The zero-order chi connectivity index (χ0) is 17.8. The van der Waals surface area contributed by atoms with Crippen LogP contribution in [0.15, 0.2) is 48.5 Å². The number of fused-ring (bicyclic) bond motifs is 1. The number of hydrogen-bond donors (Lipinski definition) is 3. The highest BCUT2D eigenvalue weighted by Crippen LogP contribution is 2.26. The van der Waals surface area contributed by atoms with Crippen LogP contribution in [0.5, 0.6) is 0 Å². The number of aliphatic hydroxyl groups is 1. The van der Waals surface area contributed by atoms with Gasteiger partial charge < -0.3 is 15.7 Å². The van der Waals surface area contributed by atoms with Crippen LogP contribution in [0.1, 0.15) is 28.9 Å². The summed E-state index contributed by atoms with van der Waals surface area (Å²) in [4.78, 5) is 27.7. The van der Waals surface area contributed by atoms with Crippen molar-refractivity contribution in [1.82, 2.24) is 10.3 Å². The van der Waals surface area contributed by atoms with E-state index >= 15 is 0 Å². The topological polar surface area (TPSA) is 91.3 Å². The van der Waals surface area contributed by atoms with Crippen LogP contribution in [0.3, 0.4) is 0 Å².